The van der Waals surface area contributed by atoms with Crippen molar-refractivity contribution in [1.29, 1.82) is 0 Å². The van der Waals surface area contributed by atoms with Crippen molar-refractivity contribution in [3.63, 3.8) is 0 Å². The smallest absolute Gasteiger partial charge is 0.225 e. The third-order valence-corrected chi connectivity index (χ3v) is 5.71. The molecule has 1 N–H and O–H groups in total. The summed E-state index contributed by atoms with van der Waals surface area (Å²) in [5.41, 5.74) is 4.15. The normalized spacial score (nSPS) is 10.5. The van der Waals surface area contributed by atoms with Crippen molar-refractivity contribution in [2.24, 2.45) is 0 Å². The molecule has 0 fully saturated rings. The highest BCUT2D eigenvalue weighted by Gasteiger charge is 2.15. The lowest BCUT2D eigenvalue weighted by atomic mass is 10.0. The summed E-state index contributed by atoms with van der Waals surface area (Å²) in [5, 5.41) is 2.88. The molecule has 0 spiro atoms. The number of hydrogen-bond acceptors (Lipinski definition) is 5. The van der Waals surface area contributed by atoms with Crippen LogP contribution in [-0.4, -0.2) is 29.9 Å². The summed E-state index contributed by atoms with van der Waals surface area (Å²) in [6, 6.07) is 28.7. The van der Waals surface area contributed by atoms with Crippen LogP contribution in [-0.2, 0) is 4.79 Å². The molecule has 4 rings (SSSR count). The first-order valence-electron chi connectivity index (χ1n) is 12.4. The van der Waals surface area contributed by atoms with Crippen molar-refractivity contribution in [1.82, 2.24) is 4.98 Å². The number of aromatic nitrogens is 1. The molecule has 37 heavy (non-hydrogen) atoms. The molecule has 3 aromatic carbocycles. The van der Waals surface area contributed by atoms with Crippen molar-refractivity contribution in [2.45, 2.75) is 26.7 Å². The molecule has 1 aromatic heterocycles. The fourth-order valence-electron chi connectivity index (χ4n) is 3.95. The van der Waals surface area contributed by atoms with Gasteiger partial charge in [0.25, 0.3) is 0 Å². The van der Waals surface area contributed by atoms with Gasteiger partial charge in [0.15, 0.2) is 17.3 Å². The Balaban J connectivity index is 1.48. The lowest BCUT2D eigenvalue weighted by molar-refractivity contribution is -0.116. The Labute approximate surface area is 217 Å². The van der Waals surface area contributed by atoms with Gasteiger partial charge >= 0.3 is 0 Å². The Morgan fingerprint density at radius 3 is 2.03 bits per heavy atom. The van der Waals surface area contributed by atoms with Gasteiger partial charge in [0, 0.05) is 24.0 Å². The first kappa shape index (κ1) is 25.6. The van der Waals surface area contributed by atoms with Crippen molar-refractivity contribution in [2.75, 3.05) is 18.5 Å². The molecule has 0 aliphatic rings. The number of carbonyl (C=O) groups excluding carboxylic acids is 2. The Bertz CT molecular complexity index is 1300. The quantitative estimate of drug-likeness (QED) is 0.232. The van der Waals surface area contributed by atoms with Gasteiger partial charge in [-0.1, -0.05) is 60.7 Å². The Morgan fingerprint density at radius 2 is 1.35 bits per heavy atom. The number of rotatable bonds is 11. The van der Waals surface area contributed by atoms with Crippen molar-refractivity contribution >= 4 is 17.5 Å². The summed E-state index contributed by atoms with van der Waals surface area (Å²) >= 11 is 0. The Hall–Kier alpha value is -4.45. The predicted molar refractivity (Wildman–Crippen MR) is 146 cm³/mol. The van der Waals surface area contributed by atoms with Crippen molar-refractivity contribution < 1.29 is 19.1 Å². The molecule has 0 unspecified atom stereocenters. The molecule has 0 radical (unpaired) electrons. The van der Waals surface area contributed by atoms with E-state index in [1.54, 1.807) is 18.2 Å². The first-order valence-corrected chi connectivity index (χ1v) is 12.4. The van der Waals surface area contributed by atoms with Crippen LogP contribution in [0.1, 0.15) is 37.0 Å². The average Bonchev–Trinajstić information content (AvgIpc) is 2.93. The van der Waals surface area contributed by atoms with Gasteiger partial charge in [0.2, 0.25) is 5.91 Å². The molecule has 188 valence electrons. The number of ketones is 1. The highest BCUT2D eigenvalue weighted by atomic mass is 16.5. The van der Waals surface area contributed by atoms with Gasteiger partial charge in [-0.05, 0) is 55.3 Å². The molecule has 1 amide bonds. The van der Waals surface area contributed by atoms with Crippen LogP contribution in [0, 0.1) is 0 Å². The molecule has 1 heterocycles. The van der Waals surface area contributed by atoms with E-state index in [0.717, 1.165) is 22.4 Å². The van der Waals surface area contributed by atoms with Crippen LogP contribution in [0.2, 0.25) is 0 Å². The zero-order chi connectivity index (χ0) is 26.0. The number of nitrogens with zero attached hydrogens (tertiary/aromatic N) is 1. The molecule has 6 heteroatoms. The van der Waals surface area contributed by atoms with Crippen LogP contribution in [0.25, 0.3) is 22.4 Å². The molecule has 0 aliphatic carbocycles. The van der Waals surface area contributed by atoms with Crippen molar-refractivity contribution in [3.05, 3.63) is 96.6 Å². The van der Waals surface area contributed by atoms with E-state index in [9.17, 15) is 9.59 Å². The predicted octanol–water partition coefficient (Wildman–Crippen LogP) is 6.81. The minimum absolute atomic E-state index is 0.0356. The molecule has 0 aliphatic heterocycles. The van der Waals surface area contributed by atoms with Crippen LogP contribution in [0.5, 0.6) is 11.5 Å². The van der Waals surface area contributed by atoms with Gasteiger partial charge in [-0.3, -0.25) is 9.59 Å². The zero-order valence-electron chi connectivity index (χ0n) is 21.1. The molecular weight excluding hydrogens is 464 g/mol. The van der Waals surface area contributed by atoms with Gasteiger partial charge in [0.1, 0.15) is 5.82 Å². The number of amides is 1. The number of carbonyl (C=O) groups is 2. The first-order chi connectivity index (χ1) is 18.1. The minimum Gasteiger partial charge on any atom is -0.490 e. The fourth-order valence-corrected chi connectivity index (χ4v) is 3.95. The number of Topliss-reactive ketones (excluding diaryl/α,β-unsaturated/α-hetero) is 1. The second-order valence-corrected chi connectivity index (χ2v) is 8.36. The summed E-state index contributed by atoms with van der Waals surface area (Å²) in [4.78, 5) is 30.3. The van der Waals surface area contributed by atoms with Crippen LogP contribution in [0.15, 0.2) is 91.0 Å². The molecule has 6 nitrogen and oxygen atoms in total. The van der Waals surface area contributed by atoms with Crippen LogP contribution >= 0.6 is 0 Å². The summed E-state index contributed by atoms with van der Waals surface area (Å²) in [7, 11) is 0. The summed E-state index contributed by atoms with van der Waals surface area (Å²) in [5.74, 6) is 1.14. The number of anilines is 1. The van der Waals surface area contributed by atoms with Crippen molar-refractivity contribution in [3.8, 4) is 33.9 Å². The van der Waals surface area contributed by atoms with E-state index in [4.69, 9.17) is 9.47 Å². The van der Waals surface area contributed by atoms with E-state index in [-0.39, 0.29) is 24.5 Å². The largest absolute Gasteiger partial charge is 0.490 e. The van der Waals surface area contributed by atoms with Crippen LogP contribution in [0.4, 0.5) is 5.82 Å². The maximum absolute atomic E-state index is 12.8. The lowest BCUT2D eigenvalue weighted by Crippen LogP contribution is -2.15. The fraction of sp³-hybridized carbons (Fsp3) is 0.194. The average molecular weight is 495 g/mol. The molecule has 0 saturated carbocycles. The van der Waals surface area contributed by atoms with Crippen LogP contribution < -0.4 is 14.8 Å². The number of benzene rings is 3. The van der Waals surface area contributed by atoms with Gasteiger partial charge in [0.05, 0.1) is 18.9 Å². The van der Waals surface area contributed by atoms with E-state index in [0.29, 0.717) is 36.1 Å². The van der Waals surface area contributed by atoms with Gasteiger partial charge in [-0.15, -0.1) is 0 Å². The van der Waals surface area contributed by atoms with Gasteiger partial charge in [-0.2, -0.15) is 0 Å². The number of nitrogens with one attached hydrogen (secondary N) is 1. The number of ether oxygens (including phenoxy) is 2. The molecule has 0 saturated heterocycles. The molecule has 0 atom stereocenters. The monoisotopic (exact) mass is 494 g/mol. The van der Waals surface area contributed by atoms with Crippen LogP contribution in [0.3, 0.4) is 0 Å². The van der Waals surface area contributed by atoms with E-state index in [1.807, 2.05) is 86.6 Å². The molecular formula is C31H30N2O4. The number of pyridine rings is 1. The summed E-state index contributed by atoms with van der Waals surface area (Å²) in [6.45, 7) is 4.72. The second kappa shape index (κ2) is 12.5. The highest BCUT2D eigenvalue weighted by Crippen LogP contribution is 2.30. The molecule has 4 aromatic rings. The Morgan fingerprint density at radius 1 is 0.703 bits per heavy atom. The standard InChI is InChI=1S/C31H30N2O4/c1-3-36-28-17-15-24(20-29(28)37-4-2)27(34)16-18-31(35)33-30-21-25(22-11-7-5-8-12-22)19-26(32-30)23-13-9-6-10-14-23/h5-15,17,19-21H,3-4,16,18H2,1-2H3,(H,32,33,35). The zero-order valence-corrected chi connectivity index (χ0v) is 21.1. The molecule has 0 bridgehead atoms. The summed E-state index contributed by atoms with van der Waals surface area (Å²) < 4.78 is 11.2. The summed E-state index contributed by atoms with van der Waals surface area (Å²) in [6.07, 6.45) is 0.100. The maximum atomic E-state index is 12.8. The third-order valence-electron chi connectivity index (χ3n) is 5.71. The SMILES string of the molecule is CCOc1ccc(C(=O)CCC(=O)Nc2cc(-c3ccccc3)cc(-c3ccccc3)n2)cc1OCC. The van der Waals surface area contributed by atoms with E-state index >= 15 is 0 Å². The van der Waals surface area contributed by atoms with E-state index < -0.39 is 0 Å². The second-order valence-electron chi connectivity index (χ2n) is 8.36. The minimum atomic E-state index is -0.277. The Kier molecular flexibility index (Phi) is 8.66. The van der Waals surface area contributed by atoms with E-state index in [1.165, 1.54) is 0 Å². The van der Waals surface area contributed by atoms with E-state index in [2.05, 4.69) is 10.3 Å². The number of hydrogen-bond donors (Lipinski definition) is 1. The topological polar surface area (TPSA) is 77.5 Å². The highest BCUT2D eigenvalue weighted by molar-refractivity contribution is 6.00. The lowest BCUT2D eigenvalue weighted by Gasteiger charge is -2.12. The van der Waals surface area contributed by atoms with Gasteiger partial charge in [-0.25, -0.2) is 4.98 Å². The third kappa shape index (κ3) is 6.82. The maximum Gasteiger partial charge on any atom is 0.225 e. The van der Waals surface area contributed by atoms with Gasteiger partial charge < -0.3 is 14.8 Å².